The van der Waals surface area contributed by atoms with Crippen molar-refractivity contribution in [1.82, 2.24) is 4.90 Å². The third kappa shape index (κ3) is 5.60. The van der Waals surface area contributed by atoms with Crippen molar-refractivity contribution < 1.29 is 9.53 Å². The van der Waals surface area contributed by atoms with E-state index in [0.29, 0.717) is 6.42 Å². The topological polar surface area (TPSA) is 41.6 Å². The number of benzene rings is 1. The summed E-state index contributed by atoms with van der Waals surface area (Å²) in [5, 5.41) is 2.99. The van der Waals surface area contributed by atoms with Gasteiger partial charge in [0.05, 0.1) is 12.5 Å². The quantitative estimate of drug-likeness (QED) is 0.830. The second-order valence-electron chi connectivity index (χ2n) is 7.09. The average molecular weight is 330 g/mol. The van der Waals surface area contributed by atoms with Crippen molar-refractivity contribution in [3.63, 3.8) is 0 Å². The number of nitrogens with one attached hydrogen (secondary N) is 1. The van der Waals surface area contributed by atoms with Crippen LogP contribution in [0.2, 0.25) is 0 Å². The summed E-state index contributed by atoms with van der Waals surface area (Å²) in [6.45, 7) is 4.55. The number of likely N-dealkylation sites (tertiary alicyclic amines) is 1. The highest BCUT2D eigenvalue weighted by Crippen LogP contribution is 2.17. The third-order valence-electron chi connectivity index (χ3n) is 5.06. The van der Waals surface area contributed by atoms with E-state index in [4.69, 9.17) is 4.74 Å². The van der Waals surface area contributed by atoms with Gasteiger partial charge in [0.15, 0.2) is 0 Å². The molecule has 1 amide bonds. The lowest BCUT2D eigenvalue weighted by molar-refractivity contribution is -0.119. The molecule has 1 N–H and O–H groups in total. The van der Waals surface area contributed by atoms with E-state index < -0.39 is 0 Å². The SMILES string of the molecule is O=C(CC1CCCCO1)Nc1ccc(CCCN2CCCC2)cc1. The summed E-state index contributed by atoms with van der Waals surface area (Å²) in [4.78, 5) is 14.6. The fraction of sp³-hybridized carbons (Fsp3) is 0.650. The number of carbonyl (C=O) groups excluding carboxylic acids is 1. The zero-order valence-corrected chi connectivity index (χ0v) is 14.6. The minimum Gasteiger partial charge on any atom is -0.378 e. The zero-order chi connectivity index (χ0) is 16.6. The van der Waals surface area contributed by atoms with Crippen molar-refractivity contribution in [3.8, 4) is 0 Å². The van der Waals surface area contributed by atoms with E-state index in [2.05, 4.69) is 22.3 Å². The van der Waals surface area contributed by atoms with Crippen LogP contribution in [0.25, 0.3) is 0 Å². The molecule has 0 saturated carbocycles. The van der Waals surface area contributed by atoms with E-state index in [0.717, 1.165) is 31.6 Å². The highest BCUT2D eigenvalue weighted by atomic mass is 16.5. The van der Waals surface area contributed by atoms with Crippen molar-refractivity contribution in [2.75, 3.05) is 31.6 Å². The molecule has 1 unspecified atom stereocenters. The van der Waals surface area contributed by atoms with Crippen LogP contribution < -0.4 is 5.32 Å². The second kappa shape index (κ2) is 9.19. The van der Waals surface area contributed by atoms with Crippen LogP contribution in [0.4, 0.5) is 5.69 Å². The van der Waals surface area contributed by atoms with E-state index in [-0.39, 0.29) is 12.0 Å². The molecule has 0 spiro atoms. The summed E-state index contributed by atoms with van der Waals surface area (Å²) in [7, 11) is 0. The van der Waals surface area contributed by atoms with Gasteiger partial charge in [0.1, 0.15) is 0 Å². The Morgan fingerprint density at radius 3 is 2.62 bits per heavy atom. The summed E-state index contributed by atoms with van der Waals surface area (Å²) >= 11 is 0. The molecule has 0 aromatic heterocycles. The number of anilines is 1. The molecular formula is C20H30N2O2. The lowest BCUT2D eigenvalue weighted by atomic mass is 10.1. The summed E-state index contributed by atoms with van der Waals surface area (Å²) in [6, 6.07) is 8.31. The van der Waals surface area contributed by atoms with E-state index >= 15 is 0 Å². The third-order valence-corrected chi connectivity index (χ3v) is 5.06. The van der Waals surface area contributed by atoms with E-state index in [1.807, 2.05) is 12.1 Å². The van der Waals surface area contributed by atoms with Gasteiger partial charge in [-0.1, -0.05) is 12.1 Å². The van der Waals surface area contributed by atoms with Crippen molar-refractivity contribution >= 4 is 11.6 Å². The minimum absolute atomic E-state index is 0.0590. The Bertz CT molecular complexity index is 503. The number of carbonyl (C=O) groups is 1. The lowest BCUT2D eigenvalue weighted by Crippen LogP contribution is -2.25. The highest BCUT2D eigenvalue weighted by molar-refractivity contribution is 5.91. The molecule has 0 aliphatic carbocycles. The molecule has 24 heavy (non-hydrogen) atoms. The maximum Gasteiger partial charge on any atom is 0.226 e. The van der Waals surface area contributed by atoms with Crippen molar-refractivity contribution in [2.24, 2.45) is 0 Å². The van der Waals surface area contributed by atoms with E-state index in [9.17, 15) is 4.79 Å². The molecule has 2 fully saturated rings. The van der Waals surface area contributed by atoms with Crippen LogP contribution in [0.15, 0.2) is 24.3 Å². The molecule has 132 valence electrons. The fourth-order valence-corrected chi connectivity index (χ4v) is 3.65. The van der Waals surface area contributed by atoms with Gasteiger partial charge in [0, 0.05) is 12.3 Å². The standard InChI is InChI=1S/C20H30N2O2/c23-20(16-19-7-1-4-15-24-19)21-18-10-8-17(9-11-18)6-5-14-22-12-2-3-13-22/h8-11,19H,1-7,12-16H2,(H,21,23). The second-order valence-corrected chi connectivity index (χ2v) is 7.09. The summed E-state index contributed by atoms with van der Waals surface area (Å²) in [5.74, 6) is 0.0590. The molecular weight excluding hydrogens is 300 g/mol. The summed E-state index contributed by atoms with van der Waals surface area (Å²) < 4.78 is 5.63. The number of aryl methyl sites for hydroxylation is 1. The van der Waals surface area contributed by atoms with Crippen LogP contribution in [0.3, 0.4) is 0 Å². The van der Waals surface area contributed by atoms with Gasteiger partial charge in [-0.05, 0) is 82.3 Å². The van der Waals surface area contributed by atoms with Crippen LogP contribution in [-0.2, 0) is 16.0 Å². The van der Waals surface area contributed by atoms with E-state index in [1.165, 1.54) is 50.9 Å². The molecule has 1 aromatic carbocycles. The predicted molar refractivity (Wildman–Crippen MR) is 97.3 cm³/mol. The molecule has 2 aliphatic rings. The van der Waals surface area contributed by atoms with Gasteiger partial charge in [-0.15, -0.1) is 0 Å². The number of nitrogens with zero attached hydrogens (tertiary/aromatic N) is 1. The summed E-state index contributed by atoms with van der Waals surface area (Å²) in [5.41, 5.74) is 2.24. The van der Waals surface area contributed by atoms with Crippen molar-refractivity contribution in [3.05, 3.63) is 29.8 Å². The van der Waals surface area contributed by atoms with Crippen LogP contribution in [0.1, 0.15) is 50.5 Å². The first-order valence-corrected chi connectivity index (χ1v) is 9.52. The molecule has 0 radical (unpaired) electrons. The molecule has 2 saturated heterocycles. The van der Waals surface area contributed by atoms with Gasteiger partial charge >= 0.3 is 0 Å². The molecule has 4 heteroatoms. The maximum absolute atomic E-state index is 12.1. The molecule has 1 aromatic rings. The van der Waals surface area contributed by atoms with Crippen molar-refractivity contribution in [2.45, 2.75) is 57.5 Å². The smallest absolute Gasteiger partial charge is 0.226 e. The van der Waals surface area contributed by atoms with Crippen molar-refractivity contribution in [1.29, 1.82) is 0 Å². The minimum atomic E-state index is 0.0590. The predicted octanol–water partition coefficient (Wildman–Crippen LogP) is 3.61. The zero-order valence-electron chi connectivity index (χ0n) is 14.6. The first-order valence-electron chi connectivity index (χ1n) is 9.52. The Kier molecular flexibility index (Phi) is 6.67. The van der Waals surface area contributed by atoms with Crippen LogP contribution in [0.5, 0.6) is 0 Å². The van der Waals surface area contributed by atoms with Gasteiger partial charge in [-0.25, -0.2) is 0 Å². The largest absolute Gasteiger partial charge is 0.378 e. The highest BCUT2D eigenvalue weighted by Gasteiger charge is 2.17. The maximum atomic E-state index is 12.1. The van der Waals surface area contributed by atoms with E-state index in [1.54, 1.807) is 0 Å². The Hall–Kier alpha value is -1.39. The molecule has 1 atom stereocenters. The van der Waals surface area contributed by atoms with Gasteiger partial charge in [0.25, 0.3) is 0 Å². The fourth-order valence-electron chi connectivity index (χ4n) is 3.65. The van der Waals surface area contributed by atoms with Gasteiger partial charge in [-0.3, -0.25) is 4.79 Å². The van der Waals surface area contributed by atoms with Gasteiger partial charge in [-0.2, -0.15) is 0 Å². The Morgan fingerprint density at radius 1 is 1.12 bits per heavy atom. The summed E-state index contributed by atoms with van der Waals surface area (Å²) in [6.07, 6.45) is 8.91. The number of amides is 1. The number of ether oxygens (including phenoxy) is 1. The monoisotopic (exact) mass is 330 g/mol. The van der Waals surface area contributed by atoms with Gasteiger partial charge in [0.2, 0.25) is 5.91 Å². The Labute approximate surface area is 145 Å². The Morgan fingerprint density at radius 2 is 1.92 bits per heavy atom. The van der Waals surface area contributed by atoms with Crippen LogP contribution >= 0.6 is 0 Å². The number of hydrogen-bond donors (Lipinski definition) is 1. The van der Waals surface area contributed by atoms with Crippen LogP contribution in [0, 0.1) is 0 Å². The number of rotatable bonds is 7. The lowest BCUT2D eigenvalue weighted by Gasteiger charge is -2.21. The first-order chi connectivity index (χ1) is 11.8. The first kappa shape index (κ1) is 17.4. The molecule has 2 heterocycles. The molecule has 2 aliphatic heterocycles. The average Bonchev–Trinajstić information content (AvgIpc) is 3.11. The normalized spacial score (nSPS) is 21.8. The number of hydrogen-bond acceptors (Lipinski definition) is 3. The Balaban J connectivity index is 1.37. The molecule has 4 nitrogen and oxygen atoms in total. The van der Waals surface area contributed by atoms with Gasteiger partial charge < -0.3 is 15.0 Å². The molecule has 3 rings (SSSR count). The van der Waals surface area contributed by atoms with Crippen LogP contribution in [-0.4, -0.2) is 43.2 Å². The molecule has 0 bridgehead atoms.